The number of benzene rings is 1. The smallest absolute Gasteiger partial charge is 0.341 e. The van der Waals surface area contributed by atoms with Gasteiger partial charge in [0.15, 0.2) is 0 Å². The van der Waals surface area contributed by atoms with Crippen molar-refractivity contribution in [2.24, 2.45) is 0 Å². The Kier molecular flexibility index (Phi) is 4.45. The molecule has 0 bridgehead atoms. The van der Waals surface area contributed by atoms with Crippen molar-refractivity contribution in [2.45, 2.75) is 29.5 Å². The van der Waals surface area contributed by atoms with Crippen molar-refractivity contribution in [3.8, 4) is 0 Å². The lowest BCUT2D eigenvalue weighted by molar-refractivity contribution is 0.234. The normalized spacial score (nSPS) is 15.8. The monoisotopic (exact) mass is 353 g/mol. The number of hydrogen-bond donors (Lipinski definition) is 0. The lowest BCUT2D eigenvalue weighted by Crippen LogP contribution is -2.27. The van der Waals surface area contributed by atoms with E-state index in [4.69, 9.17) is 0 Å². The summed E-state index contributed by atoms with van der Waals surface area (Å²) >= 11 is 3.37. The molecule has 0 heterocycles. The molecule has 0 amide bonds. The molecular formula is C12H14BrF2NO2S. The van der Waals surface area contributed by atoms with Crippen LogP contribution in [0.25, 0.3) is 0 Å². The van der Waals surface area contributed by atoms with Crippen LogP contribution in [0, 0.1) is 0 Å². The molecule has 3 nitrogen and oxygen atoms in total. The zero-order valence-corrected chi connectivity index (χ0v) is 12.5. The molecule has 1 aliphatic rings. The van der Waals surface area contributed by atoms with Crippen LogP contribution < -0.4 is 4.90 Å². The largest absolute Gasteiger partial charge is 0.368 e. The van der Waals surface area contributed by atoms with Gasteiger partial charge in [0.05, 0.1) is 4.90 Å². The molecule has 1 aromatic rings. The van der Waals surface area contributed by atoms with Crippen molar-refractivity contribution in [3.05, 3.63) is 24.3 Å². The average molecular weight is 354 g/mol. The fraction of sp³-hybridized carbons (Fsp3) is 0.500. The molecule has 0 saturated heterocycles. The van der Waals surface area contributed by atoms with E-state index in [0.29, 0.717) is 6.04 Å². The van der Waals surface area contributed by atoms with Gasteiger partial charge >= 0.3 is 5.76 Å². The highest BCUT2D eigenvalue weighted by molar-refractivity contribution is 9.09. The second kappa shape index (κ2) is 5.75. The fourth-order valence-electron chi connectivity index (χ4n) is 1.93. The van der Waals surface area contributed by atoms with E-state index in [0.717, 1.165) is 30.4 Å². The predicted octanol–water partition coefficient (Wildman–Crippen LogP) is 3.05. The third-order valence-electron chi connectivity index (χ3n) is 3.04. The first kappa shape index (κ1) is 14.7. The zero-order chi connectivity index (χ0) is 14.0. The highest BCUT2D eigenvalue weighted by atomic mass is 79.9. The highest BCUT2D eigenvalue weighted by Gasteiger charge is 2.30. The van der Waals surface area contributed by atoms with Crippen molar-refractivity contribution in [1.82, 2.24) is 0 Å². The van der Waals surface area contributed by atoms with E-state index < -0.39 is 15.6 Å². The summed E-state index contributed by atoms with van der Waals surface area (Å²) in [6.45, 7) is 0.811. The summed E-state index contributed by atoms with van der Waals surface area (Å²) < 4.78 is 47.5. The van der Waals surface area contributed by atoms with Crippen LogP contribution in [0.2, 0.25) is 0 Å². The van der Waals surface area contributed by atoms with Gasteiger partial charge in [-0.1, -0.05) is 15.9 Å². The van der Waals surface area contributed by atoms with Crippen LogP contribution in [0.4, 0.5) is 14.5 Å². The van der Waals surface area contributed by atoms with Gasteiger partial charge < -0.3 is 4.90 Å². The minimum absolute atomic E-state index is 0.333. The summed E-state index contributed by atoms with van der Waals surface area (Å²) in [4.78, 5) is 1.83. The highest BCUT2D eigenvalue weighted by Crippen LogP contribution is 2.32. The van der Waals surface area contributed by atoms with Crippen LogP contribution >= 0.6 is 15.9 Å². The first-order valence-electron chi connectivity index (χ1n) is 5.91. The molecule has 19 heavy (non-hydrogen) atoms. The Labute approximate surface area is 119 Å². The van der Waals surface area contributed by atoms with Crippen LogP contribution in [0.1, 0.15) is 12.8 Å². The maximum Gasteiger partial charge on any atom is 0.341 e. The Morgan fingerprint density at radius 3 is 2.26 bits per heavy atom. The summed E-state index contributed by atoms with van der Waals surface area (Å²) in [6, 6.07) is 6.17. The van der Waals surface area contributed by atoms with Crippen molar-refractivity contribution in [2.75, 3.05) is 16.8 Å². The van der Waals surface area contributed by atoms with Crippen LogP contribution in [-0.4, -0.2) is 32.1 Å². The summed E-state index contributed by atoms with van der Waals surface area (Å²) in [7, 11) is -4.50. The Bertz CT molecular complexity index is 529. The number of rotatable bonds is 6. The number of hydrogen-bond acceptors (Lipinski definition) is 3. The average Bonchev–Trinajstić information content (AvgIpc) is 3.20. The van der Waals surface area contributed by atoms with Gasteiger partial charge in [0.25, 0.3) is 0 Å². The van der Waals surface area contributed by atoms with Crippen molar-refractivity contribution in [1.29, 1.82) is 0 Å². The van der Waals surface area contributed by atoms with E-state index in [1.165, 1.54) is 12.1 Å². The molecule has 0 unspecified atom stereocenters. The number of sulfone groups is 1. The molecule has 1 aliphatic carbocycles. The SMILES string of the molecule is O=S(=O)(c1ccc(N(CCBr)C2CC2)cc1)C(F)F. The minimum Gasteiger partial charge on any atom is -0.368 e. The minimum atomic E-state index is -4.50. The Balaban J connectivity index is 2.22. The van der Waals surface area contributed by atoms with E-state index in [1.54, 1.807) is 12.1 Å². The molecule has 0 aromatic heterocycles. The van der Waals surface area contributed by atoms with Gasteiger partial charge in [-0.15, -0.1) is 0 Å². The van der Waals surface area contributed by atoms with Gasteiger partial charge in [0, 0.05) is 23.6 Å². The summed E-state index contributed by atoms with van der Waals surface area (Å²) in [5.74, 6) is -3.37. The molecule has 0 atom stereocenters. The Morgan fingerprint density at radius 1 is 1.26 bits per heavy atom. The lowest BCUT2D eigenvalue weighted by atomic mass is 10.3. The number of alkyl halides is 3. The maximum absolute atomic E-state index is 12.4. The molecule has 0 aliphatic heterocycles. The number of anilines is 1. The summed E-state index contributed by atoms with van der Waals surface area (Å²) in [5.41, 5.74) is 0.871. The third kappa shape index (κ3) is 3.25. The maximum atomic E-state index is 12.4. The van der Waals surface area contributed by atoms with Gasteiger partial charge in [-0.3, -0.25) is 0 Å². The quantitative estimate of drug-likeness (QED) is 0.737. The lowest BCUT2D eigenvalue weighted by Gasteiger charge is -2.23. The predicted molar refractivity (Wildman–Crippen MR) is 73.8 cm³/mol. The fourth-order valence-corrected chi connectivity index (χ4v) is 3.03. The molecule has 1 saturated carbocycles. The van der Waals surface area contributed by atoms with Gasteiger partial charge in [-0.2, -0.15) is 8.78 Å². The standard InChI is InChI=1S/C12H14BrF2NO2S/c13-7-8-16(9-1-2-9)10-3-5-11(6-4-10)19(17,18)12(14)15/h3-6,9,12H,1-2,7-8H2. The summed E-state index contributed by atoms with van der Waals surface area (Å²) in [6.07, 6.45) is 2.23. The molecule has 0 spiro atoms. The Hall–Kier alpha value is -0.690. The second-order valence-corrected chi connectivity index (χ2v) is 7.12. The molecule has 0 N–H and O–H groups in total. The molecule has 2 rings (SSSR count). The van der Waals surface area contributed by atoms with E-state index in [-0.39, 0.29) is 4.90 Å². The van der Waals surface area contributed by atoms with Crippen LogP contribution in [0.5, 0.6) is 0 Å². The molecule has 7 heteroatoms. The topological polar surface area (TPSA) is 37.4 Å². The first-order chi connectivity index (χ1) is 8.96. The van der Waals surface area contributed by atoms with Gasteiger partial charge in [0.1, 0.15) is 0 Å². The molecule has 1 fully saturated rings. The zero-order valence-electron chi connectivity index (χ0n) is 10.1. The first-order valence-corrected chi connectivity index (χ1v) is 8.58. The van der Waals surface area contributed by atoms with Crippen LogP contribution in [0.3, 0.4) is 0 Å². The van der Waals surface area contributed by atoms with Crippen molar-refractivity contribution in [3.63, 3.8) is 0 Å². The Morgan fingerprint density at radius 2 is 1.84 bits per heavy atom. The molecular weight excluding hydrogens is 340 g/mol. The van der Waals surface area contributed by atoms with Crippen LogP contribution in [0.15, 0.2) is 29.2 Å². The van der Waals surface area contributed by atoms with Crippen molar-refractivity contribution < 1.29 is 17.2 Å². The second-order valence-electron chi connectivity index (χ2n) is 4.41. The van der Waals surface area contributed by atoms with Gasteiger partial charge in [-0.25, -0.2) is 8.42 Å². The summed E-state index contributed by atoms with van der Waals surface area (Å²) in [5, 5.41) is 0.806. The number of halogens is 3. The molecule has 0 radical (unpaired) electrons. The van der Waals surface area contributed by atoms with Crippen LogP contribution in [-0.2, 0) is 9.84 Å². The van der Waals surface area contributed by atoms with E-state index in [9.17, 15) is 17.2 Å². The third-order valence-corrected chi connectivity index (χ3v) is 4.80. The van der Waals surface area contributed by atoms with Gasteiger partial charge in [-0.05, 0) is 37.1 Å². The number of nitrogens with zero attached hydrogens (tertiary/aromatic N) is 1. The van der Waals surface area contributed by atoms with Crippen molar-refractivity contribution >= 4 is 31.5 Å². The molecule has 1 aromatic carbocycles. The molecule has 106 valence electrons. The van der Waals surface area contributed by atoms with E-state index in [2.05, 4.69) is 20.8 Å². The van der Waals surface area contributed by atoms with E-state index in [1.807, 2.05) is 0 Å². The van der Waals surface area contributed by atoms with E-state index >= 15 is 0 Å². The van der Waals surface area contributed by atoms with Gasteiger partial charge in [0.2, 0.25) is 9.84 Å².